The molecule has 4 heterocycles. The van der Waals surface area contributed by atoms with Crippen LogP contribution in [0, 0.1) is 0 Å². The van der Waals surface area contributed by atoms with Crippen LogP contribution in [0.15, 0.2) is 24.4 Å². The second kappa shape index (κ2) is 8.37. The predicted octanol–water partition coefficient (Wildman–Crippen LogP) is 3.45. The highest BCUT2D eigenvalue weighted by Gasteiger charge is 2.27. The smallest absolute Gasteiger partial charge is 0.337 e. The number of urea groups is 1. The summed E-state index contributed by atoms with van der Waals surface area (Å²) in [6.07, 6.45) is 4.34. The maximum atomic E-state index is 12.3. The summed E-state index contributed by atoms with van der Waals surface area (Å²) in [6.45, 7) is 2.79. The zero-order valence-corrected chi connectivity index (χ0v) is 17.9. The van der Waals surface area contributed by atoms with Crippen molar-refractivity contribution in [2.45, 2.75) is 18.9 Å². The van der Waals surface area contributed by atoms with Gasteiger partial charge in [-0.15, -0.1) is 0 Å². The van der Waals surface area contributed by atoms with Crippen molar-refractivity contribution in [2.24, 2.45) is 0 Å². The first-order chi connectivity index (χ1) is 15.1. The van der Waals surface area contributed by atoms with E-state index in [9.17, 15) is 4.79 Å². The molecule has 12 heteroatoms. The fourth-order valence-electron chi connectivity index (χ4n) is 3.55. The quantitative estimate of drug-likeness (QED) is 0.393. The first-order valence-electron chi connectivity index (χ1n) is 9.94. The Morgan fingerprint density at radius 1 is 1.10 bits per heavy atom. The molecule has 0 radical (unpaired) electrons. The molecule has 3 N–H and O–H groups in total. The van der Waals surface area contributed by atoms with Crippen molar-refractivity contribution in [3.63, 3.8) is 0 Å². The summed E-state index contributed by atoms with van der Waals surface area (Å²) in [5, 5.41) is 3.99. The molecule has 1 aliphatic carbocycles. The van der Waals surface area contributed by atoms with Crippen LogP contribution in [0.3, 0.4) is 0 Å². The van der Waals surface area contributed by atoms with E-state index in [2.05, 4.69) is 52.9 Å². The summed E-state index contributed by atoms with van der Waals surface area (Å²) >= 11 is 11.7. The fraction of sp³-hybridized carbons (Fsp3) is 0.368. The summed E-state index contributed by atoms with van der Waals surface area (Å²) in [4.78, 5) is 27.7. The molecule has 162 valence electrons. The van der Waals surface area contributed by atoms with Gasteiger partial charge >= 0.3 is 6.03 Å². The van der Waals surface area contributed by atoms with Crippen LogP contribution in [-0.4, -0.2) is 51.9 Å². The largest absolute Gasteiger partial charge is 0.378 e. The topological polar surface area (TPSA) is 109 Å². The van der Waals surface area contributed by atoms with Gasteiger partial charge in [0.1, 0.15) is 21.8 Å². The number of anilines is 3. The minimum absolute atomic E-state index is 0.181. The normalized spacial score (nSPS) is 16.4. The lowest BCUT2D eigenvalue weighted by Crippen LogP contribution is -2.38. The van der Waals surface area contributed by atoms with Crippen LogP contribution in [0.2, 0.25) is 10.3 Å². The molecule has 2 fully saturated rings. The van der Waals surface area contributed by atoms with Gasteiger partial charge in [-0.1, -0.05) is 23.2 Å². The molecule has 0 spiro atoms. The SMILES string of the molecule is O=C(NNc1nc(N2CCOCC2)c2ccn(C3CC3)c2n1)Nc1cc(Cl)nc(Cl)c1. The number of nitrogens with zero attached hydrogens (tertiary/aromatic N) is 5. The first kappa shape index (κ1) is 20.1. The third-order valence-corrected chi connectivity index (χ3v) is 5.50. The van der Waals surface area contributed by atoms with E-state index in [1.54, 1.807) is 0 Å². The van der Waals surface area contributed by atoms with Crippen LogP contribution in [0.5, 0.6) is 0 Å². The second-order valence-corrected chi connectivity index (χ2v) is 8.14. The molecule has 10 nitrogen and oxygen atoms in total. The predicted molar refractivity (Wildman–Crippen MR) is 119 cm³/mol. The summed E-state index contributed by atoms with van der Waals surface area (Å²) < 4.78 is 7.65. The number of ether oxygens (including phenoxy) is 1. The first-order valence-corrected chi connectivity index (χ1v) is 10.7. The van der Waals surface area contributed by atoms with E-state index >= 15 is 0 Å². The number of morpholine rings is 1. The molecule has 0 bridgehead atoms. The third-order valence-electron chi connectivity index (χ3n) is 5.11. The van der Waals surface area contributed by atoms with Crippen LogP contribution >= 0.6 is 23.2 Å². The molecule has 5 rings (SSSR count). The lowest BCUT2D eigenvalue weighted by Gasteiger charge is -2.28. The van der Waals surface area contributed by atoms with Gasteiger partial charge in [0.2, 0.25) is 5.95 Å². The number of pyridine rings is 1. The molecular formula is C19H20Cl2N8O2. The number of hydrogen-bond acceptors (Lipinski definition) is 7. The van der Waals surface area contributed by atoms with E-state index in [1.807, 2.05) is 0 Å². The standard InChI is InChI=1S/C19H20Cl2N8O2/c20-14-9-11(10-15(21)23-14)22-19(30)27-26-18-24-16(28-5-7-31-8-6-28)13-3-4-29(12-1-2-12)17(13)25-18/h3-4,9-10,12H,1-2,5-8H2,(H,24,25,26)(H2,22,23,27,30). The van der Waals surface area contributed by atoms with Crippen LogP contribution in [-0.2, 0) is 4.74 Å². The van der Waals surface area contributed by atoms with Crippen LogP contribution in [0.4, 0.5) is 22.2 Å². The van der Waals surface area contributed by atoms with E-state index in [4.69, 9.17) is 27.9 Å². The van der Waals surface area contributed by atoms with Crippen molar-refractivity contribution in [1.82, 2.24) is 24.9 Å². The summed E-state index contributed by atoms with van der Waals surface area (Å²) in [6, 6.07) is 4.99. The third kappa shape index (κ3) is 4.46. The van der Waals surface area contributed by atoms with Crippen LogP contribution in [0.25, 0.3) is 11.0 Å². The van der Waals surface area contributed by atoms with Gasteiger partial charge in [0.15, 0.2) is 0 Å². The number of carbonyl (C=O) groups is 1. The molecule has 2 aliphatic rings. The number of carbonyl (C=O) groups excluding carboxylic acids is 1. The Morgan fingerprint density at radius 3 is 2.55 bits per heavy atom. The average molecular weight is 463 g/mol. The van der Waals surface area contributed by atoms with Crippen molar-refractivity contribution in [1.29, 1.82) is 0 Å². The highest BCUT2D eigenvalue weighted by atomic mass is 35.5. The zero-order valence-electron chi connectivity index (χ0n) is 16.4. The maximum absolute atomic E-state index is 12.3. The number of fused-ring (bicyclic) bond motifs is 1. The van der Waals surface area contributed by atoms with E-state index in [-0.39, 0.29) is 10.3 Å². The van der Waals surface area contributed by atoms with Gasteiger partial charge in [0, 0.05) is 31.0 Å². The van der Waals surface area contributed by atoms with Gasteiger partial charge in [-0.05, 0) is 31.0 Å². The fourth-order valence-corrected chi connectivity index (χ4v) is 4.01. The van der Waals surface area contributed by atoms with Crippen molar-refractivity contribution < 1.29 is 9.53 Å². The lowest BCUT2D eigenvalue weighted by atomic mass is 10.3. The molecule has 3 aromatic heterocycles. The minimum Gasteiger partial charge on any atom is -0.378 e. The summed E-state index contributed by atoms with van der Waals surface area (Å²) in [5.74, 6) is 1.13. The minimum atomic E-state index is -0.521. The molecule has 0 atom stereocenters. The van der Waals surface area contributed by atoms with Gasteiger partial charge in [-0.2, -0.15) is 9.97 Å². The summed E-state index contributed by atoms with van der Waals surface area (Å²) in [7, 11) is 0. The number of nitrogens with one attached hydrogen (secondary N) is 3. The molecule has 0 aromatic carbocycles. The van der Waals surface area contributed by atoms with Gasteiger partial charge in [-0.25, -0.2) is 15.2 Å². The highest BCUT2D eigenvalue weighted by molar-refractivity contribution is 6.33. The lowest BCUT2D eigenvalue weighted by molar-refractivity contribution is 0.122. The van der Waals surface area contributed by atoms with E-state index < -0.39 is 6.03 Å². The van der Waals surface area contributed by atoms with Crippen molar-refractivity contribution >= 4 is 57.7 Å². The second-order valence-electron chi connectivity index (χ2n) is 7.37. The molecule has 1 saturated heterocycles. The number of aromatic nitrogens is 4. The Kier molecular flexibility index (Phi) is 5.43. The van der Waals surface area contributed by atoms with Gasteiger partial charge in [0.25, 0.3) is 0 Å². The average Bonchev–Trinajstić information content (AvgIpc) is 3.50. The Hall–Kier alpha value is -2.82. The van der Waals surface area contributed by atoms with Crippen molar-refractivity contribution in [3.8, 4) is 0 Å². The molecule has 1 aliphatic heterocycles. The van der Waals surface area contributed by atoms with Crippen LogP contribution in [0.1, 0.15) is 18.9 Å². The van der Waals surface area contributed by atoms with E-state index in [0.717, 1.165) is 42.8 Å². The molecule has 3 aromatic rings. The van der Waals surface area contributed by atoms with Gasteiger partial charge in [-0.3, -0.25) is 5.43 Å². The van der Waals surface area contributed by atoms with E-state index in [0.29, 0.717) is 30.9 Å². The molecule has 0 unspecified atom stereocenters. The Bertz CT molecular complexity index is 1110. The number of amides is 2. The zero-order chi connectivity index (χ0) is 21.4. The van der Waals surface area contributed by atoms with Crippen LogP contribution < -0.4 is 21.1 Å². The highest BCUT2D eigenvalue weighted by Crippen LogP contribution is 2.39. The Morgan fingerprint density at radius 2 is 1.84 bits per heavy atom. The Labute approximate surface area is 187 Å². The number of halogens is 2. The molecule has 1 saturated carbocycles. The van der Waals surface area contributed by atoms with Gasteiger partial charge in [0.05, 0.1) is 18.6 Å². The van der Waals surface area contributed by atoms with E-state index in [1.165, 1.54) is 12.1 Å². The number of hydrogen-bond donors (Lipinski definition) is 3. The Balaban J connectivity index is 1.37. The summed E-state index contributed by atoms with van der Waals surface area (Å²) in [5.41, 5.74) is 6.62. The maximum Gasteiger partial charge on any atom is 0.337 e. The molecule has 31 heavy (non-hydrogen) atoms. The monoisotopic (exact) mass is 462 g/mol. The van der Waals surface area contributed by atoms with Crippen molar-refractivity contribution in [2.75, 3.05) is 41.9 Å². The van der Waals surface area contributed by atoms with Crippen molar-refractivity contribution in [3.05, 3.63) is 34.7 Å². The molecular weight excluding hydrogens is 443 g/mol. The van der Waals surface area contributed by atoms with Gasteiger partial charge < -0.3 is 19.5 Å². The number of hydrazine groups is 1. The molecule has 2 amide bonds. The number of rotatable bonds is 5.